The van der Waals surface area contributed by atoms with E-state index in [4.69, 9.17) is 0 Å². The second kappa shape index (κ2) is 9.53. The van der Waals surface area contributed by atoms with Gasteiger partial charge in [-0.05, 0) is 82.4 Å². The first kappa shape index (κ1) is 29.5. The summed E-state index contributed by atoms with van der Waals surface area (Å²) >= 11 is 1.94. The van der Waals surface area contributed by atoms with Gasteiger partial charge in [0.05, 0.1) is 10.9 Å². The predicted molar refractivity (Wildman–Crippen MR) is 134 cm³/mol. The third-order valence-electron chi connectivity index (χ3n) is 7.57. The molecule has 17 heteroatoms. The van der Waals surface area contributed by atoms with Gasteiger partial charge in [0.25, 0.3) is 5.91 Å². The highest BCUT2D eigenvalue weighted by Crippen LogP contribution is 2.56. The molecule has 1 fully saturated rings. The molecule has 1 aliphatic heterocycles. The minimum atomic E-state index is -6.35. The monoisotopic (exact) mass is 719 g/mol. The lowest BCUT2D eigenvalue weighted by atomic mass is 9.76. The van der Waals surface area contributed by atoms with Crippen molar-refractivity contribution >= 4 is 38.3 Å². The molecule has 0 saturated carbocycles. The summed E-state index contributed by atoms with van der Waals surface area (Å²) in [5.41, 5.74) is -7.81. The molecule has 1 saturated heterocycles. The molecule has 1 N–H and O–H groups in total. The number of hydrogen-bond donors (Lipinski definition) is 1. The summed E-state index contributed by atoms with van der Waals surface area (Å²) in [4.78, 5) is 27.6. The maximum atomic E-state index is 14.9. The Balaban J connectivity index is 1.71. The number of amides is 1. The van der Waals surface area contributed by atoms with E-state index in [1.807, 2.05) is 22.6 Å². The van der Waals surface area contributed by atoms with Crippen molar-refractivity contribution in [3.05, 3.63) is 79.1 Å². The number of fused-ring (bicyclic) bond motifs is 3. The molecule has 0 radical (unpaired) electrons. The van der Waals surface area contributed by atoms with Gasteiger partial charge in [-0.15, -0.1) is 0 Å². The van der Waals surface area contributed by atoms with Crippen LogP contribution in [0.15, 0.2) is 56.7 Å². The van der Waals surface area contributed by atoms with Crippen LogP contribution in [0.3, 0.4) is 0 Å². The van der Waals surface area contributed by atoms with Crippen molar-refractivity contribution < 1.29 is 48.5 Å². The first-order chi connectivity index (χ1) is 18.9. The van der Waals surface area contributed by atoms with Crippen LogP contribution in [-0.4, -0.2) is 54.3 Å². The number of aryl methyl sites for hydroxylation is 1. The highest BCUT2D eigenvalue weighted by molar-refractivity contribution is 14.1. The van der Waals surface area contributed by atoms with Gasteiger partial charge in [-0.2, -0.15) is 26.3 Å². The number of likely N-dealkylation sites (tertiary alicyclic amines) is 1. The molecule has 2 aromatic carbocycles. The number of rotatable bonds is 4. The van der Waals surface area contributed by atoms with Gasteiger partial charge in [0.1, 0.15) is 4.75 Å². The van der Waals surface area contributed by atoms with Crippen LogP contribution in [0.2, 0.25) is 0 Å². The van der Waals surface area contributed by atoms with E-state index >= 15 is 0 Å². The van der Waals surface area contributed by atoms with Gasteiger partial charge in [-0.3, -0.25) is 14.3 Å². The molecule has 0 bridgehead atoms. The standard InChI is InChI=1S/C24H17F7IN3O5S/c25-22(23(26,27)28,24(29,30)31)13-2-7-16-12(11-13)1-8-17-21(16,41(38,39)15-5-3-14(32)4-6-15)9-10-35(17)19(36)18-33-20(37)40-34-18/h2-7,11,17H,1,8-10H2,(H,33,34,37)/t17-,21-/m1/s1. The average molecular weight is 719 g/mol. The number of nitrogens with zero attached hydrogens (tertiary/aromatic N) is 2. The van der Waals surface area contributed by atoms with Gasteiger partial charge in [-0.25, -0.2) is 17.6 Å². The SMILES string of the molecule is O=C(c1noc(=O)[nH]1)N1CC[C@@]2(S(=O)(=O)c3ccc(I)cc3)c3ccc(C(F)(C(F)(F)F)C(F)(F)F)cc3CC[C@@H]12. The second-order valence-corrected chi connectivity index (χ2v) is 13.1. The molecule has 2 heterocycles. The number of aromatic amines is 1. The largest absolute Gasteiger partial charge is 0.439 e. The van der Waals surface area contributed by atoms with Crippen LogP contribution in [0.5, 0.6) is 0 Å². The van der Waals surface area contributed by atoms with E-state index in [1.165, 1.54) is 24.3 Å². The average Bonchev–Trinajstić information content (AvgIpc) is 3.51. The van der Waals surface area contributed by atoms with Crippen molar-refractivity contribution in [2.24, 2.45) is 0 Å². The molecule has 1 amide bonds. The Kier molecular flexibility index (Phi) is 6.87. The minimum Gasteiger partial charge on any atom is -0.331 e. The van der Waals surface area contributed by atoms with Gasteiger partial charge < -0.3 is 4.90 Å². The third kappa shape index (κ3) is 4.28. The van der Waals surface area contributed by atoms with Crippen LogP contribution in [0.4, 0.5) is 30.7 Å². The number of H-pyrrole nitrogens is 1. The topological polar surface area (TPSA) is 113 Å². The number of carbonyl (C=O) groups is 1. The first-order valence-electron chi connectivity index (χ1n) is 11.8. The van der Waals surface area contributed by atoms with Gasteiger partial charge in [-0.1, -0.05) is 18.2 Å². The van der Waals surface area contributed by atoms with E-state index < -0.39 is 61.7 Å². The summed E-state index contributed by atoms with van der Waals surface area (Å²) < 4.78 is 127. The van der Waals surface area contributed by atoms with E-state index in [-0.39, 0.29) is 47.9 Å². The number of alkyl halides is 7. The smallest absolute Gasteiger partial charge is 0.331 e. The highest BCUT2D eigenvalue weighted by Gasteiger charge is 2.73. The van der Waals surface area contributed by atoms with Gasteiger partial charge in [0.2, 0.25) is 5.82 Å². The molecule has 3 aromatic rings. The van der Waals surface area contributed by atoms with E-state index in [0.29, 0.717) is 9.64 Å². The normalized spacial score (nSPS) is 21.5. The van der Waals surface area contributed by atoms with Crippen LogP contribution in [0.25, 0.3) is 0 Å². The summed E-state index contributed by atoms with van der Waals surface area (Å²) in [5.74, 6) is -2.45. The van der Waals surface area contributed by atoms with E-state index in [9.17, 15) is 48.7 Å². The van der Waals surface area contributed by atoms with Crippen molar-refractivity contribution in [2.45, 2.75) is 53.0 Å². The molecule has 8 nitrogen and oxygen atoms in total. The Bertz CT molecular complexity index is 1670. The van der Waals surface area contributed by atoms with E-state index in [2.05, 4.69) is 14.7 Å². The molecule has 220 valence electrons. The number of sulfone groups is 1. The van der Waals surface area contributed by atoms with E-state index in [0.717, 1.165) is 11.0 Å². The fourth-order valence-electron chi connectivity index (χ4n) is 5.76. The Morgan fingerprint density at radius 1 is 1.05 bits per heavy atom. The number of hydrogen-bond acceptors (Lipinski definition) is 6. The maximum absolute atomic E-state index is 14.9. The second-order valence-electron chi connectivity index (χ2n) is 9.62. The molecule has 0 unspecified atom stereocenters. The van der Waals surface area contributed by atoms with Crippen molar-refractivity contribution in [1.29, 1.82) is 0 Å². The number of nitrogens with one attached hydrogen (secondary N) is 1. The first-order valence-corrected chi connectivity index (χ1v) is 14.3. The highest BCUT2D eigenvalue weighted by atomic mass is 127. The zero-order chi connectivity index (χ0) is 30.2. The Morgan fingerprint density at radius 3 is 2.24 bits per heavy atom. The molecule has 1 aliphatic carbocycles. The molecule has 41 heavy (non-hydrogen) atoms. The lowest BCUT2D eigenvalue weighted by molar-refractivity contribution is -0.348. The molecular weight excluding hydrogens is 702 g/mol. The molecule has 1 aromatic heterocycles. The quantitative estimate of drug-likeness (QED) is 0.307. The lowest BCUT2D eigenvalue weighted by Gasteiger charge is -2.43. The molecule has 5 rings (SSSR count). The summed E-state index contributed by atoms with van der Waals surface area (Å²) in [5, 5.41) is 3.34. The zero-order valence-electron chi connectivity index (χ0n) is 20.3. The van der Waals surface area contributed by atoms with Crippen molar-refractivity contribution in [3.63, 3.8) is 0 Å². The fraction of sp³-hybridized carbons (Fsp3) is 0.375. The summed E-state index contributed by atoms with van der Waals surface area (Å²) in [6, 6.07) is 5.86. The molecule has 2 atom stereocenters. The Morgan fingerprint density at radius 2 is 1.68 bits per heavy atom. The van der Waals surface area contributed by atoms with Crippen LogP contribution in [0.1, 0.15) is 40.2 Å². The predicted octanol–water partition coefficient (Wildman–Crippen LogP) is 4.79. The number of aromatic nitrogens is 2. The van der Waals surface area contributed by atoms with Crippen LogP contribution < -0.4 is 5.76 Å². The van der Waals surface area contributed by atoms with Crippen molar-refractivity contribution in [1.82, 2.24) is 15.0 Å². The van der Waals surface area contributed by atoms with Gasteiger partial charge >= 0.3 is 23.8 Å². The fourth-order valence-corrected chi connectivity index (χ4v) is 8.48. The summed E-state index contributed by atoms with van der Waals surface area (Å²) in [6.07, 6.45) is -13.5. The maximum Gasteiger partial charge on any atom is 0.439 e. The summed E-state index contributed by atoms with van der Waals surface area (Å²) in [6.45, 7) is -0.221. The number of benzene rings is 2. The Hall–Kier alpha value is -2.96. The van der Waals surface area contributed by atoms with Crippen LogP contribution in [-0.2, 0) is 26.7 Å². The van der Waals surface area contributed by atoms with Crippen molar-refractivity contribution in [3.8, 4) is 0 Å². The number of halogens is 8. The number of carbonyl (C=O) groups excluding carboxylic acids is 1. The minimum absolute atomic E-state index is 0.147. The van der Waals surface area contributed by atoms with Gasteiger partial charge in [0.15, 0.2) is 9.84 Å². The third-order valence-corrected chi connectivity index (χ3v) is 10.8. The molecular formula is C24H17F7IN3O5S. The van der Waals surface area contributed by atoms with E-state index in [1.54, 1.807) is 0 Å². The lowest BCUT2D eigenvalue weighted by Crippen LogP contribution is -2.53. The van der Waals surface area contributed by atoms with Crippen LogP contribution >= 0.6 is 22.6 Å². The van der Waals surface area contributed by atoms with Gasteiger partial charge in [0, 0.05) is 15.7 Å². The Labute approximate surface area is 239 Å². The molecule has 0 spiro atoms. The molecule has 2 aliphatic rings. The van der Waals surface area contributed by atoms with Crippen molar-refractivity contribution in [2.75, 3.05) is 6.54 Å². The van der Waals surface area contributed by atoms with Crippen LogP contribution in [0, 0.1) is 3.57 Å². The zero-order valence-corrected chi connectivity index (χ0v) is 23.3. The summed E-state index contributed by atoms with van der Waals surface area (Å²) in [7, 11) is -4.49.